The Morgan fingerprint density at radius 3 is 2.43 bits per heavy atom. The topological polar surface area (TPSA) is 95.9 Å². The number of nitrogens with zero attached hydrogens (tertiary/aromatic N) is 1. The lowest BCUT2D eigenvalue weighted by molar-refractivity contribution is -0.143. The Labute approximate surface area is 134 Å². The van der Waals surface area contributed by atoms with E-state index in [0.29, 0.717) is 13.1 Å². The zero-order chi connectivity index (χ0) is 16.7. The van der Waals surface area contributed by atoms with Gasteiger partial charge in [-0.05, 0) is 18.4 Å². The van der Waals surface area contributed by atoms with Gasteiger partial charge in [0.25, 0.3) is 0 Å². The summed E-state index contributed by atoms with van der Waals surface area (Å²) in [6, 6.07) is 7.76. The van der Waals surface area contributed by atoms with Gasteiger partial charge >= 0.3 is 12.1 Å². The fourth-order valence-corrected chi connectivity index (χ4v) is 2.38. The molecule has 0 saturated carbocycles. The third-order valence-electron chi connectivity index (χ3n) is 3.64. The minimum absolute atomic E-state index is 0.0408. The Balaban J connectivity index is 1.82. The highest BCUT2D eigenvalue weighted by molar-refractivity contribution is 5.87. The molecule has 7 heteroatoms. The normalized spacial score (nSPS) is 15.0. The molecule has 2 amide bonds. The van der Waals surface area contributed by atoms with Gasteiger partial charge in [-0.15, -0.1) is 0 Å². The number of benzene rings is 1. The monoisotopic (exact) mass is 320 g/mol. The number of nitrogens with one attached hydrogen (secondary N) is 1. The second-order valence-electron chi connectivity index (χ2n) is 5.39. The van der Waals surface area contributed by atoms with Crippen molar-refractivity contribution in [3.05, 3.63) is 35.9 Å². The average molecular weight is 320 g/mol. The molecule has 2 N–H and O–H groups in total. The smallest absolute Gasteiger partial charge is 0.408 e. The van der Waals surface area contributed by atoms with Gasteiger partial charge in [0.05, 0.1) is 6.42 Å². The van der Waals surface area contributed by atoms with Gasteiger partial charge in [0.15, 0.2) is 0 Å². The molecule has 0 aliphatic carbocycles. The maximum absolute atomic E-state index is 12.0. The summed E-state index contributed by atoms with van der Waals surface area (Å²) < 4.78 is 4.98. The summed E-state index contributed by atoms with van der Waals surface area (Å²) in [4.78, 5) is 36.5. The van der Waals surface area contributed by atoms with Crippen molar-refractivity contribution in [2.45, 2.75) is 31.9 Å². The van der Waals surface area contributed by atoms with Crippen LogP contribution in [0.2, 0.25) is 0 Å². The first kappa shape index (κ1) is 16.8. The van der Waals surface area contributed by atoms with Crippen molar-refractivity contribution in [1.82, 2.24) is 10.2 Å². The van der Waals surface area contributed by atoms with Crippen LogP contribution < -0.4 is 5.32 Å². The summed E-state index contributed by atoms with van der Waals surface area (Å²) in [5.41, 5.74) is 0.794. The van der Waals surface area contributed by atoms with E-state index in [0.717, 1.165) is 18.4 Å². The van der Waals surface area contributed by atoms with E-state index < -0.39 is 18.1 Å². The number of rotatable bonds is 6. The fourth-order valence-electron chi connectivity index (χ4n) is 2.38. The molecule has 0 aromatic heterocycles. The van der Waals surface area contributed by atoms with E-state index in [1.807, 2.05) is 18.2 Å². The Bertz CT molecular complexity index is 555. The van der Waals surface area contributed by atoms with E-state index in [4.69, 9.17) is 9.84 Å². The fraction of sp³-hybridized carbons (Fsp3) is 0.438. The molecule has 1 aromatic rings. The van der Waals surface area contributed by atoms with Crippen molar-refractivity contribution in [2.24, 2.45) is 0 Å². The number of hydrogen-bond acceptors (Lipinski definition) is 4. The molecule has 0 bridgehead atoms. The number of carbonyl (C=O) groups is 3. The number of carboxylic acids is 1. The summed E-state index contributed by atoms with van der Waals surface area (Å²) in [7, 11) is 0. The number of carboxylic acid groups (broad SMARTS) is 1. The maximum Gasteiger partial charge on any atom is 0.408 e. The molecule has 0 spiro atoms. The van der Waals surface area contributed by atoms with Crippen LogP contribution in [0.3, 0.4) is 0 Å². The first-order chi connectivity index (χ1) is 11.1. The molecular formula is C16H20N2O5. The number of hydrogen-bond donors (Lipinski definition) is 2. The van der Waals surface area contributed by atoms with Crippen molar-refractivity contribution in [3.63, 3.8) is 0 Å². The van der Waals surface area contributed by atoms with E-state index in [1.54, 1.807) is 17.0 Å². The summed E-state index contributed by atoms with van der Waals surface area (Å²) in [5, 5.41) is 11.4. The van der Waals surface area contributed by atoms with Crippen LogP contribution in [0.4, 0.5) is 4.79 Å². The first-order valence-corrected chi connectivity index (χ1v) is 7.54. The Morgan fingerprint density at radius 1 is 1.17 bits per heavy atom. The number of ether oxygens (including phenoxy) is 1. The van der Waals surface area contributed by atoms with Gasteiger partial charge in [-0.3, -0.25) is 4.79 Å². The van der Waals surface area contributed by atoms with Crippen molar-refractivity contribution in [1.29, 1.82) is 0 Å². The van der Waals surface area contributed by atoms with Crippen LogP contribution in [0.5, 0.6) is 0 Å². The van der Waals surface area contributed by atoms with Crippen LogP contribution in [0, 0.1) is 0 Å². The molecule has 1 heterocycles. The second-order valence-corrected chi connectivity index (χ2v) is 5.39. The third kappa shape index (κ3) is 5.28. The summed E-state index contributed by atoms with van der Waals surface area (Å²) in [5.74, 6) is -1.52. The number of aliphatic carboxylic acids is 1. The van der Waals surface area contributed by atoms with Gasteiger partial charge in [0.1, 0.15) is 12.6 Å². The van der Waals surface area contributed by atoms with Crippen molar-refractivity contribution in [3.8, 4) is 0 Å². The molecule has 1 aliphatic heterocycles. The van der Waals surface area contributed by atoms with Crippen LogP contribution in [0.15, 0.2) is 30.3 Å². The third-order valence-corrected chi connectivity index (χ3v) is 3.64. The summed E-state index contributed by atoms with van der Waals surface area (Å²) >= 11 is 0. The molecule has 1 atom stereocenters. The lowest BCUT2D eigenvalue weighted by atomic mass is 10.2. The van der Waals surface area contributed by atoms with Gasteiger partial charge in [-0.25, -0.2) is 9.59 Å². The molecule has 0 unspecified atom stereocenters. The van der Waals surface area contributed by atoms with Crippen LogP contribution in [0.25, 0.3) is 0 Å². The standard InChI is InChI=1S/C16H20N2O5/c19-14(18-8-4-5-9-18)10-13(15(20)21)17-16(22)23-11-12-6-2-1-3-7-12/h1-3,6-7,13H,4-5,8-11H2,(H,17,22)(H,20,21)/t13-/m0/s1. The summed E-state index contributed by atoms with van der Waals surface area (Å²) in [6.07, 6.45) is 0.734. The molecule has 1 aliphatic rings. The van der Waals surface area contributed by atoms with E-state index >= 15 is 0 Å². The quantitative estimate of drug-likeness (QED) is 0.825. The van der Waals surface area contributed by atoms with Crippen LogP contribution in [-0.2, 0) is 20.9 Å². The minimum atomic E-state index is -1.29. The average Bonchev–Trinajstić information content (AvgIpc) is 3.07. The largest absolute Gasteiger partial charge is 0.480 e. The first-order valence-electron chi connectivity index (χ1n) is 7.54. The van der Waals surface area contributed by atoms with Gasteiger partial charge in [-0.2, -0.15) is 0 Å². The summed E-state index contributed by atoms with van der Waals surface area (Å²) in [6.45, 7) is 1.33. The Kier molecular flexibility index (Phi) is 5.96. The SMILES string of the molecule is O=C(N[C@@H](CC(=O)N1CCCC1)C(=O)O)OCc1ccccc1. The number of amides is 2. The number of likely N-dealkylation sites (tertiary alicyclic amines) is 1. The number of carbonyl (C=O) groups excluding carboxylic acids is 2. The van der Waals surface area contributed by atoms with Gasteiger partial charge in [0.2, 0.25) is 5.91 Å². The second kappa shape index (κ2) is 8.17. The molecule has 1 aromatic carbocycles. The van der Waals surface area contributed by atoms with Crippen LogP contribution >= 0.6 is 0 Å². The Hall–Kier alpha value is -2.57. The minimum Gasteiger partial charge on any atom is -0.480 e. The zero-order valence-electron chi connectivity index (χ0n) is 12.7. The highest BCUT2D eigenvalue weighted by Gasteiger charge is 2.27. The molecule has 2 rings (SSSR count). The van der Waals surface area contributed by atoms with Crippen molar-refractivity contribution < 1.29 is 24.2 Å². The predicted molar refractivity (Wildman–Crippen MR) is 81.6 cm³/mol. The maximum atomic E-state index is 12.0. The number of alkyl carbamates (subject to hydrolysis) is 1. The van der Waals surface area contributed by atoms with E-state index in [-0.39, 0.29) is 18.9 Å². The molecule has 23 heavy (non-hydrogen) atoms. The van der Waals surface area contributed by atoms with Gasteiger partial charge < -0.3 is 20.1 Å². The van der Waals surface area contributed by atoms with Crippen LogP contribution in [-0.4, -0.2) is 47.1 Å². The van der Waals surface area contributed by atoms with E-state index in [1.165, 1.54) is 0 Å². The van der Waals surface area contributed by atoms with Crippen LogP contribution in [0.1, 0.15) is 24.8 Å². The molecular weight excluding hydrogens is 300 g/mol. The highest BCUT2D eigenvalue weighted by Crippen LogP contribution is 2.10. The van der Waals surface area contributed by atoms with E-state index in [9.17, 15) is 14.4 Å². The predicted octanol–water partition coefficient (Wildman–Crippen LogP) is 1.38. The Morgan fingerprint density at radius 2 is 1.83 bits per heavy atom. The molecule has 1 fully saturated rings. The van der Waals surface area contributed by atoms with Crippen molar-refractivity contribution in [2.75, 3.05) is 13.1 Å². The zero-order valence-corrected chi connectivity index (χ0v) is 12.7. The van der Waals surface area contributed by atoms with E-state index in [2.05, 4.69) is 5.32 Å². The lowest BCUT2D eigenvalue weighted by Crippen LogP contribution is -2.44. The molecule has 124 valence electrons. The lowest BCUT2D eigenvalue weighted by Gasteiger charge is -2.19. The molecule has 7 nitrogen and oxygen atoms in total. The van der Waals surface area contributed by atoms with Gasteiger partial charge in [0, 0.05) is 13.1 Å². The molecule has 1 saturated heterocycles. The van der Waals surface area contributed by atoms with Gasteiger partial charge in [-0.1, -0.05) is 30.3 Å². The highest BCUT2D eigenvalue weighted by atomic mass is 16.5. The van der Waals surface area contributed by atoms with Crippen molar-refractivity contribution >= 4 is 18.0 Å². The molecule has 0 radical (unpaired) electrons.